The monoisotopic (exact) mass is 574 g/mol. The van der Waals surface area contributed by atoms with E-state index in [-0.39, 0.29) is 34.3 Å². The van der Waals surface area contributed by atoms with Gasteiger partial charge >= 0.3 is 0 Å². The molecule has 0 bridgehead atoms. The van der Waals surface area contributed by atoms with Crippen molar-refractivity contribution in [2.45, 2.75) is 89.5 Å². The van der Waals surface area contributed by atoms with Gasteiger partial charge in [-0.15, -0.1) is 0 Å². The zero-order valence-corrected chi connectivity index (χ0v) is 25.3. The van der Waals surface area contributed by atoms with Gasteiger partial charge in [0, 0.05) is 30.3 Å². The van der Waals surface area contributed by atoms with Crippen LogP contribution in [0.4, 0.5) is 11.4 Å². The van der Waals surface area contributed by atoms with Gasteiger partial charge in [0.05, 0.1) is 9.82 Å². The Morgan fingerprint density at radius 1 is 1.10 bits per heavy atom. The highest BCUT2D eigenvalue weighted by atomic mass is 32.2. The average molecular weight is 575 g/mol. The molecule has 4 N–H and O–H groups in total. The summed E-state index contributed by atoms with van der Waals surface area (Å²) in [5.74, 6) is 0.117. The molecule has 2 aromatic rings. The molecule has 0 aromatic heterocycles. The van der Waals surface area contributed by atoms with Crippen LogP contribution < -0.4 is 10.5 Å². The van der Waals surface area contributed by atoms with Crippen LogP contribution in [-0.2, 0) is 32.1 Å². The molecule has 1 fully saturated rings. The fraction of sp³-hybridized carbons (Fsp3) is 0.552. The minimum absolute atomic E-state index is 0.0178. The van der Waals surface area contributed by atoms with Crippen molar-refractivity contribution in [1.29, 1.82) is 0 Å². The summed E-state index contributed by atoms with van der Waals surface area (Å²) in [4.78, 5) is 26.1. The maximum Gasteiger partial charge on any atom is 0.292 e. The van der Waals surface area contributed by atoms with Crippen LogP contribution in [0.2, 0.25) is 0 Å². The number of aromatic hydroxyl groups is 1. The maximum atomic E-state index is 13.9. The van der Waals surface area contributed by atoms with Gasteiger partial charge in [-0.1, -0.05) is 54.5 Å². The summed E-state index contributed by atoms with van der Waals surface area (Å²) in [7, 11) is -4.26. The molecule has 0 aliphatic carbocycles. The number of nitrogens with two attached hydrogens (primary N) is 1. The average Bonchev–Trinajstić information content (AvgIpc) is 2.83. The molecule has 1 atom stereocenters. The number of phenolic OH excluding ortho intramolecular Hbond substituents is 1. The number of hydrogen-bond acceptors (Lipinski definition) is 7. The van der Waals surface area contributed by atoms with Crippen LogP contribution in [-0.4, -0.2) is 48.4 Å². The standard InChI is InChI=1S/C29H42N4O6S/c1-18-10-12-32(13-11-18)27(35)24(14-19-8-9-23(30)25(15-19)33(36)37)31-40(38,39)20-16-21(28(2,3)4)26(34)22(17-20)29(5,6)7/h8-9,15-18,24,31,34H,10-14,30H2,1-7H3. The Morgan fingerprint density at radius 3 is 2.10 bits per heavy atom. The summed E-state index contributed by atoms with van der Waals surface area (Å²) in [6.07, 6.45) is 1.52. The van der Waals surface area contributed by atoms with E-state index in [2.05, 4.69) is 11.6 Å². The van der Waals surface area contributed by atoms with Crippen LogP contribution in [0.5, 0.6) is 5.75 Å². The molecule has 0 spiro atoms. The first-order valence-electron chi connectivity index (χ1n) is 13.5. The molecule has 1 aliphatic rings. The number of benzene rings is 2. The lowest BCUT2D eigenvalue weighted by Gasteiger charge is -2.33. The van der Waals surface area contributed by atoms with Crippen LogP contribution in [0.25, 0.3) is 0 Å². The number of nitro groups is 1. The minimum atomic E-state index is -4.26. The Bertz CT molecular complexity index is 1350. The third-order valence-electron chi connectivity index (χ3n) is 7.43. The smallest absolute Gasteiger partial charge is 0.292 e. The van der Waals surface area contributed by atoms with Gasteiger partial charge in [-0.3, -0.25) is 14.9 Å². The van der Waals surface area contributed by atoms with Gasteiger partial charge < -0.3 is 15.7 Å². The molecule has 1 amide bonds. The number of piperidine rings is 1. The Morgan fingerprint density at radius 2 is 1.62 bits per heavy atom. The molecular formula is C29H42N4O6S. The number of sulfonamides is 1. The second-order valence-electron chi connectivity index (χ2n) is 12.9. The van der Waals surface area contributed by atoms with Crippen LogP contribution in [0.3, 0.4) is 0 Å². The fourth-order valence-corrected chi connectivity index (χ4v) is 6.14. The Hall–Kier alpha value is -3.18. The molecule has 11 heteroatoms. The first-order chi connectivity index (χ1) is 18.3. The second kappa shape index (κ2) is 11.4. The lowest BCUT2D eigenvalue weighted by atomic mass is 9.79. The van der Waals surface area contributed by atoms with Crippen molar-refractivity contribution in [3.63, 3.8) is 0 Å². The molecule has 0 radical (unpaired) electrons. The van der Waals surface area contributed by atoms with Crippen LogP contribution in [0.15, 0.2) is 35.2 Å². The van der Waals surface area contributed by atoms with Gasteiger partial charge in [0.2, 0.25) is 15.9 Å². The van der Waals surface area contributed by atoms with E-state index in [1.54, 1.807) is 11.0 Å². The van der Waals surface area contributed by atoms with Crippen molar-refractivity contribution < 1.29 is 23.2 Å². The Kier molecular flexibility index (Phi) is 8.91. The SMILES string of the molecule is CC1CCN(C(=O)C(Cc2ccc(N)c([N+](=O)[O-])c2)NS(=O)(=O)c2cc(C(C)(C)C)c(O)c(C(C)(C)C)c2)CC1. The molecule has 40 heavy (non-hydrogen) atoms. The number of nitrogens with zero attached hydrogens (tertiary/aromatic N) is 2. The van der Waals surface area contributed by atoms with E-state index in [0.717, 1.165) is 12.8 Å². The number of rotatable bonds is 7. The van der Waals surface area contributed by atoms with Gasteiger partial charge in [0.25, 0.3) is 5.69 Å². The van der Waals surface area contributed by atoms with Gasteiger partial charge in [-0.2, -0.15) is 4.72 Å². The lowest BCUT2D eigenvalue weighted by Crippen LogP contribution is -2.51. The van der Waals surface area contributed by atoms with Crippen molar-refractivity contribution in [1.82, 2.24) is 9.62 Å². The van der Waals surface area contributed by atoms with Crippen molar-refractivity contribution in [3.8, 4) is 5.75 Å². The Balaban J connectivity index is 2.08. The van der Waals surface area contributed by atoms with Crippen LogP contribution in [0.1, 0.15) is 78.0 Å². The number of nitrogen functional groups attached to an aromatic ring is 1. The predicted molar refractivity (Wildman–Crippen MR) is 156 cm³/mol. The summed E-state index contributed by atoms with van der Waals surface area (Å²) in [5, 5.41) is 22.5. The quantitative estimate of drug-likeness (QED) is 0.247. The lowest BCUT2D eigenvalue weighted by molar-refractivity contribution is -0.384. The van der Waals surface area contributed by atoms with E-state index < -0.39 is 31.8 Å². The van der Waals surface area contributed by atoms with E-state index >= 15 is 0 Å². The van der Waals surface area contributed by atoms with Crippen LogP contribution in [0, 0.1) is 16.0 Å². The number of phenols is 1. The summed E-state index contributed by atoms with van der Waals surface area (Å²) in [5.41, 5.74) is 5.67. The van der Waals surface area contributed by atoms with E-state index in [1.807, 2.05) is 41.5 Å². The normalized spacial score (nSPS) is 16.1. The van der Waals surface area contributed by atoms with E-state index in [9.17, 15) is 28.4 Å². The number of anilines is 1. The molecule has 3 rings (SSSR count). The van der Waals surface area contributed by atoms with E-state index in [0.29, 0.717) is 35.7 Å². The van der Waals surface area contributed by atoms with Gasteiger partial charge in [0.1, 0.15) is 17.5 Å². The second-order valence-corrected chi connectivity index (χ2v) is 14.6. The van der Waals surface area contributed by atoms with Gasteiger partial charge in [0.15, 0.2) is 0 Å². The number of amides is 1. The number of nitro benzene ring substituents is 1. The molecule has 1 saturated heterocycles. The zero-order chi connectivity index (χ0) is 30.2. The summed E-state index contributed by atoms with van der Waals surface area (Å²) in [6, 6.07) is 5.92. The number of likely N-dealkylation sites (tertiary alicyclic amines) is 1. The zero-order valence-electron chi connectivity index (χ0n) is 24.4. The predicted octanol–water partition coefficient (Wildman–Crippen LogP) is 4.63. The Labute approximate surface area is 237 Å². The highest BCUT2D eigenvalue weighted by Gasteiger charge is 2.34. The topological polar surface area (TPSA) is 156 Å². The first-order valence-corrected chi connectivity index (χ1v) is 15.0. The maximum absolute atomic E-state index is 13.9. The summed E-state index contributed by atoms with van der Waals surface area (Å²) < 4.78 is 30.4. The molecule has 0 saturated carbocycles. The largest absolute Gasteiger partial charge is 0.507 e. The van der Waals surface area contributed by atoms with Crippen molar-refractivity contribution in [2.75, 3.05) is 18.8 Å². The highest BCUT2D eigenvalue weighted by Crippen LogP contribution is 2.40. The number of carbonyl (C=O) groups is 1. The fourth-order valence-electron chi connectivity index (χ4n) is 4.90. The minimum Gasteiger partial charge on any atom is -0.507 e. The van der Waals surface area contributed by atoms with Crippen molar-refractivity contribution in [2.24, 2.45) is 5.92 Å². The number of carbonyl (C=O) groups excluding carboxylic acids is 1. The van der Waals surface area contributed by atoms with Gasteiger partial charge in [-0.25, -0.2) is 8.42 Å². The summed E-state index contributed by atoms with van der Waals surface area (Å²) >= 11 is 0. The van der Waals surface area contributed by atoms with Crippen molar-refractivity contribution >= 4 is 27.3 Å². The summed E-state index contributed by atoms with van der Waals surface area (Å²) in [6.45, 7) is 14.4. The molecule has 1 aliphatic heterocycles. The molecule has 2 aromatic carbocycles. The molecule has 1 heterocycles. The first kappa shape index (κ1) is 31.3. The van der Waals surface area contributed by atoms with E-state index in [1.165, 1.54) is 24.3 Å². The molecule has 1 unspecified atom stereocenters. The van der Waals surface area contributed by atoms with Crippen molar-refractivity contribution in [3.05, 3.63) is 57.1 Å². The third-order valence-corrected chi connectivity index (χ3v) is 8.88. The van der Waals surface area contributed by atoms with Crippen LogP contribution >= 0.6 is 0 Å². The van der Waals surface area contributed by atoms with E-state index in [4.69, 9.17) is 5.73 Å². The number of hydrogen-bond donors (Lipinski definition) is 3. The highest BCUT2D eigenvalue weighted by molar-refractivity contribution is 7.89. The molecule has 10 nitrogen and oxygen atoms in total. The van der Waals surface area contributed by atoms with Gasteiger partial charge in [-0.05, 0) is 59.8 Å². The number of nitrogens with one attached hydrogen (secondary N) is 1. The third kappa shape index (κ3) is 7.11. The molecular weight excluding hydrogens is 532 g/mol. The molecule has 220 valence electrons.